The number of carbonyl (C=O) groups is 3. The average Bonchev–Trinajstić information content (AvgIpc) is 2.25. The number of hydrazine groups is 1. The molecule has 3 amide bonds. The molecule has 0 aromatic carbocycles. The zero-order valence-corrected chi connectivity index (χ0v) is 8.33. The average molecular weight is 218 g/mol. The summed E-state index contributed by atoms with van der Waals surface area (Å²) in [5, 5.41) is 4.53. The second-order valence-corrected chi connectivity index (χ2v) is 2.50. The Kier molecular flexibility index (Phi) is 6.85. The molecule has 0 bridgehead atoms. The fourth-order valence-electron chi connectivity index (χ4n) is 0.661. The minimum Gasteiger partial charge on any atom is -0.383 e. The van der Waals surface area contributed by atoms with E-state index in [4.69, 9.17) is 10.6 Å². The molecule has 0 heterocycles. The number of hydrogen-bond donors (Lipinski definition) is 4. The monoisotopic (exact) mass is 218 g/mol. The SMILES string of the molecule is COCCNC(=O)CNC(=O)C(=O)NN. The lowest BCUT2D eigenvalue weighted by atomic mass is 10.5. The van der Waals surface area contributed by atoms with Crippen molar-refractivity contribution < 1.29 is 19.1 Å². The van der Waals surface area contributed by atoms with Gasteiger partial charge in [-0.05, 0) is 0 Å². The Morgan fingerprint density at radius 3 is 2.40 bits per heavy atom. The van der Waals surface area contributed by atoms with Crippen molar-refractivity contribution >= 4 is 17.7 Å². The summed E-state index contributed by atoms with van der Waals surface area (Å²) in [7, 11) is 1.50. The van der Waals surface area contributed by atoms with Crippen LogP contribution in [0, 0.1) is 0 Å². The van der Waals surface area contributed by atoms with Gasteiger partial charge in [0.1, 0.15) is 0 Å². The Balaban J connectivity index is 3.62. The molecule has 0 fully saturated rings. The predicted molar refractivity (Wildman–Crippen MR) is 50.2 cm³/mol. The third-order valence-electron chi connectivity index (χ3n) is 1.38. The van der Waals surface area contributed by atoms with Gasteiger partial charge in [0, 0.05) is 13.7 Å². The van der Waals surface area contributed by atoms with E-state index in [1.807, 2.05) is 0 Å². The Hall–Kier alpha value is -1.67. The molecular weight excluding hydrogens is 204 g/mol. The third kappa shape index (κ3) is 6.41. The van der Waals surface area contributed by atoms with Crippen LogP contribution in [0.5, 0.6) is 0 Å². The minimum atomic E-state index is -1.00. The zero-order valence-electron chi connectivity index (χ0n) is 8.33. The maximum absolute atomic E-state index is 11.0. The number of hydrogen-bond acceptors (Lipinski definition) is 5. The number of amides is 3. The maximum atomic E-state index is 11.0. The second kappa shape index (κ2) is 7.71. The lowest BCUT2D eigenvalue weighted by Gasteiger charge is -2.05. The molecule has 5 N–H and O–H groups in total. The van der Waals surface area contributed by atoms with E-state index in [0.717, 1.165) is 0 Å². The van der Waals surface area contributed by atoms with Gasteiger partial charge in [0.15, 0.2) is 0 Å². The van der Waals surface area contributed by atoms with Crippen LogP contribution in [0.4, 0.5) is 0 Å². The summed E-state index contributed by atoms with van der Waals surface area (Å²) in [5.41, 5.74) is 1.64. The molecular formula is C7H14N4O4. The van der Waals surface area contributed by atoms with Crippen molar-refractivity contribution in [3.8, 4) is 0 Å². The van der Waals surface area contributed by atoms with E-state index in [1.54, 1.807) is 5.43 Å². The quantitative estimate of drug-likeness (QED) is 0.128. The molecule has 0 aliphatic carbocycles. The third-order valence-corrected chi connectivity index (χ3v) is 1.38. The Morgan fingerprint density at radius 2 is 1.87 bits per heavy atom. The van der Waals surface area contributed by atoms with Crippen LogP contribution < -0.4 is 21.9 Å². The molecule has 0 atom stereocenters. The van der Waals surface area contributed by atoms with E-state index >= 15 is 0 Å². The van der Waals surface area contributed by atoms with E-state index < -0.39 is 17.7 Å². The topological polar surface area (TPSA) is 123 Å². The van der Waals surface area contributed by atoms with Crippen LogP contribution >= 0.6 is 0 Å². The van der Waals surface area contributed by atoms with Crippen molar-refractivity contribution in [2.45, 2.75) is 0 Å². The van der Waals surface area contributed by atoms with Crippen LogP contribution in [-0.2, 0) is 19.1 Å². The van der Waals surface area contributed by atoms with Crippen LogP contribution in [0.25, 0.3) is 0 Å². The molecule has 86 valence electrons. The fourth-order valence-corrected chi connectivity index (χ4v) is 0.661. The van der Waals surface area contributed by atoms with Crippen LogP contribution in [0.1, 0.15) is 0 Å². The van der Waals surface area contributed by atoms with Gasteiger partial charge >= 0.3 is 11.8 Å². The highest BCUT2D eigenvalue weighted by atomic mass is 16.5. The predicted octanol–water partition coefficient (Wildman–Crippen LogP) is -3.14. The first kappa shape index (κ1) is 13.3. The summed E-state index contributed by atoms with van der Waals surface area (Å²) in [6, 6.07) is 0. The highest BCUT2D eigenvalue weighted by Gasteiger charge is 2.12. The standard InChI is InChI=1S/C7H14N4O4/c1-15-3-2-9-5(12)4-10-6(13)7(14)11-8/h2-4,8H2,1H3,(H,9,12)(H,10,13)(H,11,14). The number of rotatable bonds is 5. The highest BCUT2D eigenvalue weighted by Crippen LogP contribution is 1.69. The van der Waals surface area contributed by atoms with Gasteiger partial charge in [-0.3, -0.25) is 19.8 Å². The normalized spacial score (nSPS) is 9.20. The smallest absolute Gasteiger partial charge is 0.323 e. The molecule has 0 radical (unpaired) electrons. The fraction of sp³-hybridized carbons (Fsp3) is 0.571. The molecule has 0 aromatic rings. The Labute approximate surface area is 86.5 Å². The maximum Gasteiger partial charge on any atom is 0.323 e. The molecule has 8 heteroatoms. The van der Waals surface area contributed by atoms with E-state index in [2.05, 4.69) is 10.6 Å². The van der Waals surface area contributed by atoms with Crippen molar-refractivity contribution in [1.82, 2.24) is 16.1 Å². The number of carbonyl (C=O) groups excluding carboxylic acids is 3. The van der Waals surface area contributed by atoms with E-state index in [9.17, 15) is 14.4 Å². The molecule has 0 saturated heterocycles. The van der Waals surface area contributed by atoms with Crippen LogP contribution in [0.15, 0.2) is 0 Å². The lowest BCUT2D eigenvalue weighted by molar-refractivity contribution is -0.139. The summed E-state index contributed by atoms with van der Waals surface area (Å²) in [5.74, 6) is 2.33. The van der Waals surface area contributed by atoms with Crippen LogP contribution in [-0.4, -0.2) is 44.5 Å². The number of methoxy groups -OCH3 is 1. The molecule has 0 aromatic heterocycles. The Morgan fingerprint density at radius 1 is 1.20 bits per heavy atom. The molecule has 0 unspecified atom stereocenters. The van der Waals surface area contributed by atoms with Crippen molar-refractivity contribution in [3.63, 3.8) is 0 Å². The van der Waals surface area contributed by atoms with Gasteiger partial charge < -0.3 is 15.4 Å². The first-order chi connectivity index (χ1) is 7.11. The van der Waals surface area contributed by atoms with E-state index in [-0.39, 0.29) is 6.54 Å². The summed E-state index contributed by atoms with van der Waals surface area (Å²) in [6.07, 6.45) is 0. The van der Waals surface area contributed by atoms with Crippen molar-refractivity contribution in [3.05, 3.63) is 0 Å². The number of ether oxygens (including phenoxy) is 1. The summed E-state index contributed by atoms with van der Waals surface area (Å²) < 4.78 is 4.69. The number of nitrogens with two attached hydrogens (primary N) is 1. The molecule has 0 aliphatic heterocycles. The second-order valence-electron chi connectivity index (χ2n) is 2.50. The minimum absolute atomic E-state index is 0.282. The van der Waals surface area contributed by atoms with Crippen molar-refractivity contribution in [2.24, 2.45) is 5.84 Å². The summed E-state index contributed by atoms with van der Waals surface area (Å²) >= 11 is 0. The number of nitrogens with one attached hydrogen (secondary N) is 3. The van der Waals surface area contributed by atoms with Gasteiger partial charge in [0.05, 0.1) is 13.2 Å². The Bertz CT molecular complexity index is 243. The molecule has 15 heavy (non-hydrogen) atoms. The molecule has 0 rings (SSSR count). The molecule has 0 aliphatic rings. The van der Waals surface area contributed by atoms with Gasteiger partial charge in [0.25, 0.3) is 0 Å². The lowest BCUT2D eigenvalue weighted by Crippen LogP contribution is -2.46. The first-order valence-corrected chi connectivity index (χ1v) is 4.16. The van der Waals surface area contributed by atoms with Gasteiger partial charge in [-0.25, -0.2) is 5.84 Å². The van der Waals surface area contributed by atoms with E-state index in [0.29, 0.717) is 13.2 Å². The molecule has 0 spiro atoms. The largest absolute Gasteiger partial charge is 0.383 e. The molecule has 0 saturated carbocycles. The van der Waals surface area contributed by atoms with Crippen molar-refractivity contribution in [1.29, 1.82) is 0 Å². The first-order valence-electron chi connectivity index (χ1n) is 4.16. The van der Waals surface area contributed by atoms with Crippen LogP contribution in [0.3, 0.4) is 0 Å². The van der Waals surface area contributed by atoms with Crippen molar-refractivity contribution in [2.75, 3.05) is 26.8 Å². The van der Waals surface area contributed by atoms with Gasteiger partial charge in [-0.1, -0.05) is 0 Å². The summed E-state index contributed by atoms with van der Waals surface area (Å²) in [6.45, 7) is 0.438. The van der Waals surface area contributed by atoms with Gasteiger partial charge in [-0.15, -0.1) is 0 Å². The van der Waals surface area contributed by atoms with Gasteiger partial charge in [0.2, 0.25) is 5.91 Å². The summed E-state index contributed by atoms with van der Waals surface area (Å²) in [4.78, 5) is 32.4. The van der Waals surface area contributed by atoms with E-state index in [1.165, 1.54) is 7.11 Å². The van der Waals surface area contributed by atoms with Gasteiger partial charge in [-0.2, -0.15) is 0 Å². The zero-order chi connectivity index (χ0) is 11.7. The highest BCUT2D eigenvalue weighted by molar-refractivity contribution is 6.35. The van der Waals surface area contributed by atoms with Crippen LogP contribution in [0.2, 0.25) is 0 Å². The molecule has 8 nitrogen and oxygen atoms in total.